The van der Waals surface area contributed by atoms with Gasteiger partial charge in [-0.2, -0.15) is 0 Å². The van der Waals surface area contributed by atoms with Crippen molar-refractivity contribution in [3.8, 4) is 0 Å². The quantitative estimate of drug-likeness (QED) is 0.607. The lowest BCUT2D eigenvalue weighted by atomic mass is 9.46. The monoisotopic (exact) mass is 406 g/mol. The SMILES string of the molecule is C/C(=C\c1ccccn1)[C@H]1CC[C@H]2[C@@H]3CCC4N(C)C(=O)CC[C@]4(C)[C@H]3CC[C@]12C. The molecule has 0 radical (unpaired) electrons. The number of nitrogens with zero attached hydrogens (tertiary/aromatic N) is 2. The minimum absolute atomic E-state index is 0.323. The molecule has 1 amide bonds. The van der Waals surface area contributed by atoms with E-state index in [-0.39, 0.29) is 0 Å². The van der Waals surface area contributed by atoms with Gasteiger partial charge in [-0.3, -0.25) is 9.78 Å². The van der Waals surface area contributed by atoms with Crippen molar-refractivity contribution >= 4 is 12.0 Å². The van der Waals surface area contributed by atoms with E-state index in [0.717, 1.165) is 36.3 Å². The maximum absolute atomic E-state index is 12.4. The minimum atomic E-state index is 0.323. The van der Waals surface area contributed by atoms with E-state index in [1.165, 1.54) is 44.1 Å². The number of allylic oxidation sites excluding steroid dienone is 1. The van der Waals surface area contributed by atoms with Gasteiger partial charge in [-0.05, 0) is 105 Å². The highest BCUT2D eigenvalue weighted by Crippen LogP contribution is 2.67. The van der Waals surface area contributed by atoms with Gasteiger partial charge in [0.05, 0.1) is 5.69 Å². The summed E-state index contributed by atoms with van der Waals surface area (Å²) in [5, 5.41) is 0. The zero-order valence-corrected chi connectivity index (χ0v) is 19.2. The van der Waals surface area contributed by atoms with Crippen LogP contribution in [0.25, 0.3) is 6.08 Å². The Morgan fingerprint density at radius 2 is 1.87 bits per heavy atom. The Kier molecular flexibility index (Phi) is 4.87. The van der Waals surface area contributed by atoms with Crippen LogP contribution in [-0.4, -0.2) is 28.9 Å². The van der Waals surface area contributed by atoms with E-state index in [9.17, 15) is 4.79 Å². The summed E-state index contributed by atoms with van der Waals surface area (Å²) < 4.78 is 0. The third-order valence-corrected chi connectivity index (χ3v) is 10.2. The molecule has 7 atom stereocenters. The van der Waals surface area contributed by atoms with E-state index in [2.05, 4.69) is 55.9 Å². The molecule has 162 valence electrons. The average molecular weight is 407 g/mol. The van der Waals surface area contributed by atoms with Crippen LogP contribution in [0.3, 0.4) is 0 Å². The molecular formula is C27H38N2O. The Bertz CT molecular complexity index is 848. The standard InChI is InChI=1S/C27H38N2O/c1-18(17-19-7-5-6-16-28-19)21-9-10-22-20-8-11-24-27(3,15-13-25(30)29(24)4)23(20)12-14-26(21,22)2/h5-7,16-17,20-24H,8-15H2,1-4H3/b18-17+/t20-,21+,22-,23-,24?,26+,27+/m0/s1. The summed E-state index contributed by atoms with van der Waals surface area (Å²) >= 11 is 0. The predicted molar refractivity (Wildman–Crippen MR) is 122 cm³/mol. The molecule has 3 aliphatic carbocycles. The van der Waals surface area contributed by atoms with E-state index in [1.807, 2.05) is 12.3 Å². The molecule has 1 unspecified atom stereocenters. The molecular weight excluding hydrogens is 368 g/mol. The van der Waals surface area contributed by atoms with E-state index >= 15 is 0 Å². The highest BCUT2D eigenvalue weighted by Gasteiger charge is 2.61. The van der Waals surface area contributed by atoms with Crippen LogP contribution in [0.5, 0.6) is 0 Å². The van der Waals surface area contributed by atoms with Crippen molar-refractivity contribution in [2.45, 2.75) is 78.2 Å². The van der Waals surface area contributed by atoms with Crippen molar-refractivity contribution in [3.63, 3.8) is 0 Å². The van der Waals surface area contributed by atoms with Gasteiger partial charge in [-0.25, -0.2) is 0 Å². The normalized spacial score (nSPS) is 43.7. The summed E-state index contributed by atoms with van der Waals surface area (Å²) in [5.41, 5.74) is 3.37. The topological polar surface area (TPSA) is 33.2 Å². The maximum Gasteiger partial charge on any atom is 0.222 e. The number of likely N-dealkylation sites (tertiary alicyclic amines) is 1. The molecule has 4 fully saturated rings. The fourth-order valence-electron chi connectivity index (χ4n) is 8.69. The zero-order valence-electron chi connectivity index (χ0n) is 19.2. The molecule has 3 heteroatoms. The van der Waals surface area contributed by atoms with Crippen molar-refractivity contribution in [3.05, 3.63) is 35.7 Å². The number of pyridine rings is 1. The molecule has 1 aromatic heterocycles. The van der Waals surface area contributed by atoms with Crippen LogP contribution in [0.15, 0.2) is 30.0 Å². The van der Waals surface area contributed by atoms with Crippen molar-refractivity contribution in [1.82, 2.24) is 9.88 Å². The van der Waals surface area contributed by atoms with E-state index in [4.69, 9.17) is 0 Å². The number of piperidine rings is 1. The fraction of sp³-hybridized carbons (Fsp3) is 0.704. The van der Waals surface area contributed by atoms with E-state index < -0.39 is 0 Å². The number of fused-ring (bicyclic) bond motifs is 5. The Hall–Kier alpha value is -1.64. The van der Waals surface area contributed by atoms with Crippen molar-refractivity contribution in [1.29, 1.82) is 0 Å². The molecule has 0 bridgehead atoms. The summed E-state index contributed by atoms with van der Waals surface area (Å²) in [6.45, 7) is 7.48. The summed E-state index contributed by atoms with van der Waals surface area (Å²) in [6.07, 6.45) is 14.0. The van der Waals surface area contributed by atoms with Crippen molar-refractivity contribution in [2.24, 2.45) is 34.5 Å². The molecule has 3 nitrogen and oxygen atoms in total. The second-order valence-corrected chi connectivity index (χ2v) is 11.3. The number of rotatable bonds is 2. The van der Waals surface area contributed by atoms with Gasteiger partial charge in [0.15, 0.2) is 0 Å². The third kappa shape index (κ3) is 2.91. The summed E-state index contributed by atoms with van der Waals surface area (Å²) in [7, 11) is 2.06. The Balaban J connectivity index is 1.40. The molecule has 0 spiro atoms. The Labute approximate surface area is 182 Å². The van der Waals surface area contributed by atoms with Crippen LogP contribution in [0.1, 0.15) is 77.8 Å². The van der Waals surface area contributed by atoms with Crippen molar-refractivity contribution in [2.75, 3.05) is 7.05 Å². The maximum atomic E-state index is 12.4. The van der Waals surface area contributed by atoms with Crippen LogP contribution in [-0.2, 0) is 4.79 Å². The molecule has 1 aliphatic heterocycles. The van der Waals surface area contributed by atoms with Gasteiger partial charge in [0.1, 0.15) is 0 Å². The van der Waals surface area contributed by atoms with Gasteiger partial charge in [-0.15, -0.1) is 0 Å². The van der Waals surface area contributed by atoms with Crippen LogP contribution in [0.2, 0.25) is 0 Å². The van der Waals surface area contributed by atoms with Crippen LogP contribution in [0, 0.1) is 34.5 Å². The van der Waals surface area contributed by atoms with Gasteiger partial charge in [0, 0.05) is 25.7 Å². The molecule has 2 heterocycles. The first-order valence-corrected chi connectivity index (χ1v) is 12.2. The highest BCUT2D eigenvalue weighted by atomic mass is 16.2. The summed E-state index contributed by atoms with van der Waals surface area (Å²) in [6, 6.07) is 6.67. The molecule has 1 aromatic rings. The lowest BCUT2D eigenvalue weighted by molar-refractivity contribution is -0.157. The number of carbonyl (C=O) groups excluding carboxylic acids is 1. The first kappa shape index (κ1) is 20.3. The number of aromatic nitrogens is 1. The lowest BCUT2D eigenvalue weighted by Gasteiger charge is -2.62. The smallest absolute Gasteiger partial charge is 0.222 e. The van der Waals surface area contributed by atoms with E-state index in [0.29, 0.717) is 28.7 Å². The number of hydrogen-bond donors (Lipinski definition) is 0. The lowest BCUT2D eigenvalue weighted by Crippen LogP contribution is -2.61. The van der Waals surface area contributed by atoms with Crippen LogP contribution in [0.4, 0.5) is 0 Å². The summed E-state index contributed by atoms with van der Waals surface area (Å²) in [4.78, 5) is 19.0. The number of hydrogen-bond acceptors (Lipinski definition) is 2. The Morgan fingerprint density at radius 3 is 2.63 bits per heavy atom. The number of amides is 1. The molecule has 4 aliphatic rings. The third-order valence-electron chi connectivity index (χ3n) is 10.2. The zero-order chi connectivity index (χ0) is 21.1. The molecule has 5 rings (SSSR count). The van der Waals surface area contributed by atoms with Crippen LogP contribution < -0.4 is 0 Å². The van der Waals surface area contributed by atoms with E-state index in [1.54, 1.807) is 0 Å². The first-order chi connectivity index (χ1) is 14.3. The molecule has 30 heavy (non-hydrogen) atoms. The number of carbonyl (C=O) groups is 1. The largest absolute Gasteiger partial charge is 0.342 e. The molecule has 3 saturated carbocycles. The van der Waals surface area contributed by atoms with Gasteiger partial charge < -0.3 is 4.90 Å². The fourth-order valence-corrected chi connectivity index (χ4v) is 8.69. The minimum Gasteiger partial charge on any atom is -0.342 e. The second-order valence-electron chi connectivity index (χ2n) is 11.3. The Morgan fingerprint density at radius 1 is 1.07 bits per heavy atom. The average Bonchev–Trinajstić information content (AvgIpc) is 3.09. The summed E-state index contributed by atoms with van der Waals surface area (Å²) in [5.74, 6) is 3.54. The molecule has 0 N–H and O–H groups in total. The highest BCUT2D eigenvalue weighted by molar-refractivity contribution is 5.77. The van der Waals surface area contributed by atoms with Crippen LogP contribution >= 0.6 is 0 Å². The first-order valence-electron chi connectivity index (χ1n) is 12.2. The molecule has 0 aromatic carbocycles. The predicted octanol–water partition coefficient (Wildman–Crippen LogP) is 5.96. The van der Waals surface area contributed by atoms with Crippen molar-refractivity contribution < 1.29 is 4.79 Å². The molecule has 1 saturated heterocycles. The van der Waals surface area contributed by atoms with Gasteiger partial charge in [-0.1, -0.05) is 25.5 Å². The van der Waals surface area contributed by atoms with Gasteiger partial charge in [0.25, 0.3) is 0 Å². The van der Waals surface area contributed by atoms with Gasteiger partial charge >= 0.3 is 0 Å². The second kappa shape index (κ2) is 7.21. The van der Waals surface area contributed by atoms with Gasteiger partial charge in [0.2, 0.25) is 5.91 Å².